The molecule has 0 aliphatic heterocycles. The van der Waals surface area contributed by atoms with E-state index in [0.29, 0.717) is 16.3 Å². The van der Waals surface area contributed by atoms with Crippen molar-refractivity contribution in [2.45, 2.75) is 26.0 Å². The van der Waals surface area contributed by atoms with E-state index in [1.807, 2.05) is 26.0 Å². The first-order valence-electron chi connectivity index (χ1n) is 6.41. The molecule has 0 saturated carbocycles. The maximum absolute atomic E-state index is 13.3. The van der Waals surface area contributed by atoms with Crippen LogP contribution in [-0.4, -0.2) is 6.04 Å². The van der Waals surface area contributed by atoms with E-state index in [2.05, 4.69) is 0 Å². The molecular formula is C16H17ClFNO. The monoisotopic (exact) mass is 293 g/mol. The van der Waals surface area contributed by atoms with Gasteiger partial charge in [0.25, 0.3) is 0 Å². The van der Waals surface area contributed by atoms with Gasteiger partial charge in [0.05, 0.1) is 5.02 Å². The summed E-state index contributed by atoms with van der Waals surface area (Å²) in [6, 6.07) is 11.5. The first-order chi connectivity index (χ1) is 9.47. The molecule has 2 aromatic rings. The molecule has 2 atom stereocenters. The number of aryl methyl sites for hydroxylation is 1. The molecule has 2 rings (SSSR count). The van der Waals surface area contributed by atoms with Gasteiger partial charge in [-0.1, -0.05) is 29.8 Å². The molecule has 2 aromatic carbocycles. The third-order valence-electron chi connectivity index (χ3n) is 3.00. The standard InChI is InChI=1S/C16H17ClFNO/c1-10-6-7-15(14(17)8-10)20-16(11(2)19)12-4-3-5-13(18)9-12/h3-9,11,16H,19H2,1-2H3. The van der Waals surface area contributed by atoms with Crippen LogP contribution in [0.4, 0.5) is 4.39 Å². The van der Waals surface area contributed by atoms with E-state index in [1.54, 1.807) is 18.2 Å². The van der Waals surface area contributed by atoms with Gasteiger partial charge in [-0.05, 0) is 49.2 Å². The van der Waals surface area contributed by atoms with Gasteiger partial charge in [0, 0.05) is 6.04 Å². The maximum Gasteiger partial charge on any atom is 0.139 e. The zero-order valence-electron chi connectivity index (χ0n) is 11.4. The lowest BCUT2D eigenvalue weighted by atomic mass is 10.0. The summed E-state index contributed by atoms with van der Waals surface area (Å²) in [5.74, 6) is 0.232. The van der Waals surface area contributed by atoms with Gasteiger partial charge < -0.3 is 10.5 Å². The number of halogens is 2. The van der Waals surface area contributed by atoms with Gasteiger partial charge >= 0.3 is 0 Å². The quantitative estimate of drug-likeness (QED) is 0.914. The highest BCUT2D eigenvalue weighted by Gasteiger charge is 2.20. The summed E-state index contributed by atoms with van der Waals surface area (Å²) in [5.41, 5.74) is 7.69. The first kappa shape index (κ1) is 14.8. The Morgan fingerprint density at radius 2 is 1.95 bits per heavy atom. The van der Waals surface area contributed by atoms with Crippen molar-refractivity contribution in [1.29, 1.82) is 0 Å². The Kier molecular flexibility index (Phi) is 4.63. The van der Waals surface area contributed by atoms with Crippen molar-refractivity contribution in [3.8, 4) is 5.75 Å². The number of nitrogens with two attached hydrogens (primary N) is 1. The van der Waals surface area contributed by atoms with E-state index in [9.17, 15) is 4.39 Å². The van der Waals surface area contributed by atoms with Gasteiger partial charge in [-0.25, -0.2) is 4.39 Å². The van der Waals surface area contributed by atoms with E-state index in [4.69, 9.17) is 22.1 Å². The second kappa shape index (κ2) is 6.25. The van der Waals surface area contributed by atoms with Gasteiger partial charge in [0.1, 0.15) is 17.7 Å². The lowest BCUT2D eigenvalue weighted by Gasteiger charge is -2.23. The summed E-state index contributed by atoms with van der Waals surface area (Å²) < 4.78 is 19.2. The molecule has 0 aromatic heterocycles. The van der Waals surface area contributed by atoms with Crippen LogP contribution in [0, 0.1) is 12.7 Å². The van der Waals surface area contributed by atoms with Crippen molar-refractivity contribution in [3.05, 3.63) is 64.4 Å². The molecule has 2 N–H and O–H groups in total. The molecule has 4 heteroatoms. The van der Waals surface area contributed by atoms with Crippen molar-refractivity contribution in [3.63, 3.8) is 0 Å². The van der Waals surface area contributed by atoms with Crippen LogP contribution in [0.1, 0.15) is 24.2 Å². The van der Waals surface area contributed by atoms with Crippen molar-refractivity contribution in [2.24, 2.45) is 5.73 Å². The minimum Gasteiger partial charge on any atom is -0.483 e. The van der Waals surface area contributed by atoms with Crippen molar-refractivity contribution in [2.75, 3.05) is 0 Å². The maximum atomic E-state index is 13.3. The highest BCUT2D eigenvalue weighted by atomic mass is 35.5. The Balaban J connectivity index is 2.30. The molecule has 2 unspecified atom stereocenters. The number of hydrogen-bond acceptors (Lipinski definition) is 2. The molecule has 0 aliphatic carbocycles. The predicted octanol–water partition coefficient (Wildman–Crippen LogP) is 4.25. The van der Waals surface area contributed by atoms with Crippen LogP contribution in [-0.2, 0) is 0 Å². The van der Waals surface area contributed by atoms with Gasteiger partial charge in [-0.2, -0.15) is 0 Å². The topological polar surface area (TPSA) is 35.2 Å². The number of benzene rings is 2. The second-order valence-corrected chi connectivity index (χ2v) is 5.29. The Morgan fingerprint density at radius 1 is 1.20 bits per heavy atom. The largest absolute Gasteiger partial charge is 0.483 e. The molecule has 0 radical (unpaired) electrons. The summed E-state index contributed by atoms with van der Waals surface area (Å²) in [6.45, 7) is 3.77. The molecule has 0 heterocycles. The Labute approximate surface area is 123 Å². The van der Waals surface area contributed by atoms with Crippen molar-refractivity contribution in [1.82, 2.24) is 0 Å². The highest BCUT2D eigenvalue weighted by molar-refractivity contribution is 6.32. The van der Waals surface area contributed by atoms with Crippen LogP contribution in [0.15, 0.2) is 42.5 Å². The molecular weight excluding hydrogens is 277 g/mol. The minimum absolute atomic E-state index is 0.297. The fourth-order valence-corrected chi connectivity index (χ4v) is 2.28. The number of rotatable bonds is 4. The fourth-order valence-electron chi connectivity index (χ4n) is 2.00. The van der Waals surface area contributed by atoms with E-state index in [1.165, 1.54) is 12.1 Å². The summed E-state index contributed by atoms with van der Waals surface area (Å²) in [4.78, 5) is 0. The van der Waals surface area contributed by atoms with Crippen molar-refractivity contribution < 1.29 is 9.13 Å². The highest BCUT2D eigenvalue weighted by Crippen LogP contribution is 2.31. The number of ether oxygens (including phenoxy) is 1. The second-order valence-electron chi connectivity index (χ2n) is 4.89. The van der Waals surface area contributed by atoms with Crippen LogP contribution < -0.4 is 10.5 Å². The molecule has 0 fully saturated rings. The third-order valence-corrected chi connectivity index (χ3v) is 3.29. The SMILES string of the molecule is Cc1ccc(OC(c2cccc(F)c2)C(C)N)c(Cl)c1. The van der Waals surface area contributed by atoms with Gasteiger partial charge in [0.2, 0.25) is 0 Å². The summed E-state index contributed by atoms with van der Waals surface area (Å²) in [6.07, 6.45) is -0.453. The van der Waals surface area contributed by atoms with E-state index >= 15 is 0 Å². The fraction of sp³-hybridized carbons (Fsp3) is 0.250. The minimum atomic E-state index is -0.453. The van der Waals surface area contributed by atoms with Crippen LogP contribution in [0.3, 0.4) is 0 Å². The average Bonchev–Trinajstić information content (AvgIpc) is 2.37. The van der Waals surface area contributed by atoms with Crippen molar-refractivity contribution >= 4 is 11.6 Å². The molecule has 0 amide bonds. The molecule has 0 aliphatic rings. The smallest absolute Gasteiger partial charge is 0.139 e. The Morgan fingerprint density at radius 3 is 2.55 bits per heavy atom. The summed E-state index contributed by atoms with van der Waals surface area (Å²) >= 11 is 6.16. The summed E-state index contributed by atoms with van der Waals surface area (Å²) in [5, 5.41) is 0.520. The Hall–Kier alpha value is -1.58. The third kappa shape index (κ3) is 3.50. The van der Waals surface area contributed by atoms with Gasteiger partial charge in [-0.15, -0.1) is 0 Å². The van der Waals surface area contributed by atoms with Gasteiger partial charge in [-0.3, -0.25) is 0 Å². The molecule has 0 spiro atoms. The predicted molar refractivity (Wildman–Crippen MR) is 79.6 cm³/mol. The van der Waals surface area contributed by atoms with E-state index in [0.717, 1.165) is 5.56 Å². The first-order valence-corrected chi connectivity index (χ1v) is 6.79. The molecule has 2 nitrogen and oxygen atoms in total. The molecule has 0 saturated heterocycles. The molecule has 106 valence electrons. The van der Waals surface area contributed by atoms with Gasteiger partial charge in [0.15, 0.2) is 0 Å². The molecule has 0 bridgehead atoms. The summed E-state index contributed by atoms with van der Waals surface area (Å²) in [7, 11) is 0. The lowest BCUT2D eigenvalue weighted by Crippen LogP contribution is -2.29. The zero-order valence-corrected chi connectivity index (χ0v) is 12.2. The average molecular weight is 294 g/mol. The Bertz CT molecular complexity index is 601. The lowest BCUT2D eigenvalue weighted by molar-refractivity contribution is 0.180. The van der Waals surface area contributed by atoms with Crippen LogP contribution in [0.2, 0.25) is 5.02 Å². The van der Waals surface area contributed by atoms with Crippen LogP contribution in [0.25, 0.3) is 0 Å². The molecule has 20 heavy (non-hydrogen) atoms. The normalized spacial score (nSPS) is 13.8. The zero-order chi connectivity index (χ0) is 14.7. The number of hydrogen-bond donors (Lipinski definition) is 1. The van der Waals surface area contributed by atoms with Crippen LogP contribution >= 0.6 is 11.6 Å². The van der Waals surface area contributed by atoms with E-state index in [-0.39, 0.29) is 11.9 Å². The van der Waals surface area contributed by atoms with Crippen LogP contribution in [0.5, 0.6) is 5.75 Å². The van der Waals surface area contributed by atoms with E-state index < -0.39 is 6.10 Å².